The maximum Gasteiger partial charge on any atom is 0.192 e. The second kappa shape index (κ2) is 4.62. The third-order valence-corrected chi connectivity index (χ3v) is 3.52. The van der Waals surface area contributed by atoms with Crippen LogP contribution in [0.1, 0.15) is 0 Å². The summed E-state index contributed by atoms with van der Waals surface area (Å²) in [5, 5.41) is 2.74. The minimum absolute atomic E-state index is 0.715. The van der Waals surface area contributed by atoms with E-state index >= 15 is 0 Å². The van der Waals surface area contributed by atoms with Gasteiger partial charge in [-0.1, -0.05) is 0 Å². The number of nitrogen functional groups attached to an aromatic ring is 1. The molecule has 0 spiro atoms. The first-order valence-corrected chi connectivity index (χ1v) is 6.23. The average Bonchev–Trinajstić information content (AvgIpc) is 2.44. The molecule has 5 heteroatoms. The van der Waals surface area contributed by atoms with E-state index in [0.29, 0.717) is 5.16 Å². The number of hydrogen-bond donors (Lipinski definition) is 1. The molecule has 2 heterocycles. The summed E-state index contributed by atoms with van der Waals surface area (Å²) in [5.74, 6) is 0. The largest absolute Gasteiger partial charge is 0.398 e. The third-order valence-electron chi connectivity index (χ3n) is 2.56. The summed E-state index contributed by atoms with van der Waals surface area (Å²) in [6.45, 7) is 0. The lowest BCUT2D eigenvalue weighted by Crippen LogP contribution is -1.90. The fraction of sp³-hybridized carbons (Fsp3) is 0. The zero-order valence-corrected chi connectivity index (χ0v) is 10.3. The van der Waals surface area contributed by atoms with Gasteiger partial charge in [-0.2, -0.15) is 0 Å². The van der Waals surface area contributed by atoms with E-state index < -0.39 is 0 Å². The van der Waals surface area contributed by atoms with Crippen molar-refractivity contribution in [2.45, 2.75) is 10.1 Å². The van der Waals surface area contributed by atoms with Gasteiger partial charge in [0, 0.05) is 46.1 Å². The Morgan fingerprint density at radius 1 is 0.944 bits per heavy atom. The van der Waals surface area contributed by atoms with Gasteiger partial charge in [0.2, 0.25) is 0 Å². The van der Waals surface area contributed by atoms with Crippen LogP contribution in [-0.4, -0.2) is 15.0 Å². The van der Waals surface area contributed by atoms with Crippen LogP contribution in [0.5, 0.6) is 0 Å². The summed E-state index contributed by atoms with van der Waals surface area (Å²) < 4.78 is 0. The van der Waals surface area contributed by atoms with E-state index in [1.165, 1.54) is 11.8 Å². The van der Waals surface area contributed by atoms with Crippen LogP contribution in [0.25, 0.3) is 10.8 Å². The van der Waals surface area contributed by atoms with Gasteiger partial charge >= 0.3 is 0 Å². The lowest BCUT2D eigenvalue weighted by Gasteiger charge is -2.06. The quantitative estimate of drug-likeness (QED) is 0.562. The van der Waals surface area contributed by atoms with Crippen molar-refractivity contribution in [2.75, 3.05) is 5.73 Å². The summed E-state index contributed by atoms with van der Waals surface area (Å²) in [7, 11) is 0. The molecule has 2 N–H and O–H groups in total. The smallest absolute Gasteiger partial charge is 0.192 e. The molecule has 0 saturated carbocycles. The van der Waals surface area contributed by atoms with E-state index in [4.69, 9.17) is 5.73 Å². The molecule has 4 nitrogen and oxygen atoms in total. The van der Waals surface area contributed by atoms with Gasteiger partial charge in [0.1, 0.15) is 0 Å². The summed E-state index contributed by atoms with van der Waals surface area (Å²) in [6.07, 6.45) is 7.02. The maximum absolute atomic E-state index is 5.95. The SMILES string of the molecule is Nc1ccc(Sc2ncccn2)c2cnccc12. The van der Waals surface area contributed by atoms with E-state index in [1.54, 1.807) is 24.7 Å². The second-order valence-electron chi connectivity index (χ2n) is 3.71. The Morgan fingerprint density at radius 3 is 2.61 bits per heavy atom. The first-order valence-electron chi connectivity index (χ1n) is 5.41. The van der Waals surface area contributed by atoms with Crippen LogP contribution in [-0.2, 0) is 0 Å². The molecule has 0 aliphatic rings. The van der Waals surface area contributed by atoms with Gasteiger partial charge in [0.05, 0.1) is 0 Å². The molecule has 0 amide bonds. The molecule has 0 unspecified atom stereocenters. The maximum atomic E-state index is 5.95. The van der Waals surface area contributed by atoms with Crippen molar-refractivity contribution in [3.8, 4) is 0 Å². The molecule has 88 valence electrons. The van der Waals surface area contributed by atoms with Gasteiger partial charge in [-0.3, -0.25) is 4.98 Å². The fourth-order valence-electron chi connectivity index (χ4n) is 1.71. The number of anilines is 1. The Hall–Kier alpha value is -2.14. The molecule has 3 rings (SSSR count). The van der Waals surface area contributed by atoms with Crippen molar-refractivity contribution in [3.63, 3.8) is 0 Å². The van der Waals surface area contributed by atoms with Crippen molar-refractivity contribution >= 4 is 28.2 Å². The molecule has 0 radical (unpaired) electrons. The number of benzene rings is 1. The number of pyridine rings is 1. The minimum atomic E-state index is 0.715. The van der Waals surface area contributed by atoms with Crippen molar-refractivity contribution in [2.24, 2.45) is 0 Å². The molecule has 2 aromatic heterocycles. The summed E-state index contributed by atoms with van der Waals surface area (Å²) in [4.78, 5) is 13.6. The number of rotatable bonds is 2. The van der Waals surface area contributed by atoms with Crippen LogP contribution in [0.15, 0.2) is 59.1 Å². The third kappa shape index (κ3) is 2.00. The zero-order chi connectivity index (χ0) is 12.4. The van der Waals surface area contributed by atoms with Crippen molar-refractivity contribution < 1.29 is 0 Å². The highest BCUT2D eigenvalue weighted by molar-refractivity contribution is 7.99. The highest BCUT2D eigenvalue weighted by Crippen LogP contribution is 2.33. The fourth-order valence-corrected chi connectivity index (χ4v) is 2.55. The summed E-state index contributed by atoms with van der Waals surface area (Å²) in [6, 6.07) is 7.58. The lowest BCUT2D eigenvalue weighted by atomic mass is 10.1. The first-order chi connectivity index (χ1) is 8.84. The van der Waals surface area contributed by atoms with Gasteiger partial charge in [0.25, 0.3) is 0 Å². The first kappa shape index (κ1) is 11.0. The minimum Gasteiger partial charge on any atom is -0.398 e. The van der Waals surface area contributed by atoms with Crippen LogP contribution in [0, 0.1) is 0 Å². The normalized spacial score (nSPS) is 10.7. The summed E-state index contributed by atoms with van der Waals surface area (Å²) in [5.41, 5.74) is 6.71. The summed E-state index contributed by atoms with van der Waals surface area (Å²) >= 11 is 1.51. The highest BCUT2D eigenvalue weighted by Gasteiger charge is 2.06. The molecule has 0 aliphatic carbocycles. The average molecular weight is 254 g/mol. The number of hydrogen-bond acceptors (Lipinski definition) is 5. The van der Waals surface area contributed by atoms with Crippen LogP contribution >= 0.6 is 11.8 Å². The Balaban J connectivity index is 2.10. The highest BCUT2D eigenvalue weighted by atomic mass is 32.2. The standard InChI is InChI=1S/C13H10N4S/c14-11-2-3-12(10-8-15-7-4-9(10)11)18-13-16-5-1-6-17-13/h1-8H,14H2. The lowest BCUT2D eigenvalue weighted by molar-refractivity contribution is 0.967. The monoisotopic (exact) mass is 254 g/mol. The molecule has 0 bridgehead atoms. The number of fused-ring (bicyclic) bond motifs is 1. The molecule has 0 saturated heterocycles. The molecule has 0 fully saturated rings. The van der Waals surface area contributed by atoms with Gasteiger partial charge < -0.3 is 5.73 Å². The molecule has 3 aromatic rings. The predicted octanol–water partition coefficient (Wildman–Crippen LogP) is 2.76. The Labute approximate surface area is 108 Å². The van der Waals surface area contributed by atoms with E-state index in [1.807, 2.05) is 24.4 Å². The van der Waals surface area contributed by atoms with Crippen LogP contribution in [0.4, 0.5) is 5.69 Å². The van der Waals surface area contributed by atoms with Crippen LogP contribution < -0.4 is 5.73 Å². The molecule has 0 aliphatic heterocycles. The van der Waals surface area contributed by atoms with Crippen LogP contribution in [0.3, 0.4) is 0 Å². The van der Waals surface area contributed by atoms with E-state index in [-0.39, 0.29) is 0 Å². The van der Waals surface area contributed by atoms with Gasteiger partial charge in [0.15, 0.2) is 5.16 Å². The molecule has 0 atom stereocenters. The Bertz CT molecular complexity index is 685. The van der Waals surface area contributed by atoms with Gasteiger partial charge in [-0.15, -0.1) is 0 Å². The predicted molar refractivity (Wildman–Crippen MR) is 72.3 cm³/mol. The van der Waals surface area contributed by atoms with Crippen LogP contribution in [0.2, 0.25) is 0 Å². The Kier molecular flexibility index (Phi) is 2.82. The zero-order valence-electron chi connectivity index (χ0n) is 9.45. The van der Waals surface area contributed by atoms with Gasteiger partial charge in [-0.05, 0) is 36.0 Å². The second-order valence-corrected chi connectivity index (χ2v) is 4.72. The Morgan fingerprint density at radius 2 is 1.78 bits per heavy atom. The van der Waals surface area contributed by atoms with Crippen molar-refractivity contribution in [1.82, 2.24) is 15.0 Å². The van der Waals surface area contributed by atoms with Gasteiger partial charge in [-0.25, -0.2) is 9.97 Å². The van der Waals surface area contributed by atoms with E-state index in [9.17, 15) is 0 Å². The number of nitrogens with zero attached hydrogens (tertiary/aromatic N) is 3. The van der Waals surface area contributed by atoms with E-state index in [2.05, 4.69) is 15.0 Å². The molecule has 18 heavy (non-hydrogen) atoms. The number of nitrogens with two attached hydrogens (primary N) is 1. The molecule has 1 aromatic carbocycles. The topological polar surface area (TPSA) is 64.7 Å². The van der Waals surface area contributed by atoms with E-state index in [0.717, 1.165) is 21.4 Å². The molecular weight excluding hydrogens is 244 g/mol. The molecular formula is C13H10N4S. The number of aromatic nitrogens is 3. The van der Waals surface area contributed by atoms with Crippen molar-refractivity contribution in [3.05, 3.63) is 49.1 Å². The van der Waals surface area contributed by atoms with Crippen molar-refractivity contribution in [1.29, 1.82) is 0 Å².